The number of hydrogen-bond donors (Lipinski definition) is 2. The third-order valence-corrected chi connectivity index (χ3v) is 4.34. The number of aromatic nitrogens is 4. The lowest BCUT2D eigenvalue weighted by Crippen LogP contribution is -2.05. The number of hydrogen-bond acceptors (Lipinski definition) is 4. The Balaban J connectivity index is 1.50. The first-order valence-electron chi connectivity index (χ1n) is 7.13. The molecule has 2 heterocycles. The molecule has 2 aromatic rings. The topological polar surface area (TPSA) is 76.1 Å². The quantitative estimate of drug-likeness (QED) is 0.893. The predicted molar refractivity (Wildman–Crippen MR) is 71.6 cm³/mol. The molecule has 4 rings (SSSR count). The molecule has 0 saturated heterocycles. The van der Waals surface area contributed by atoms with Crippen LogP contribution in [0, 0.1) is 12.8 Å². The van der Waals surface area contributed by atoms with Gasteiger partial charge in [0.25, 0.3) is 0 Å². The molecule has 2 aliphatic carbocycles. The summed E-state index contributed by atoms with van der Waals surface area (Å²) in [4.78, 5) is 0. The summed E-state index contributed by atoms with van der Waals surface area (Å²) in [6, 6.07) is 0.815. The normalized spacial score (nSPS) is 25.1. The van der Waals surface area contributed by atoms with Crippen molar-refractivity contribution >= 4 is 0 Å². The predicted octanol–water partition coefficient (Wildman–Crippen LogP) is 1.94. The Morgan fingerprint density at radius 3 is 2.75 bits per heavy atom. The lowest BCUT2D eigenvalue weighted by molar-refractivity contribution is 0.456. The molecule has 20 heavy (non-hydrogen) atoms. The molecule has 0 radical (unpaired) electrons. The fourth-order valence-corrected chi connectivity index (χ4v) is 2.88. The minimum atomic E-state index is 0.251. The van der Waals surface area contributed by atoms with Crippen LogP contribution in [-0.4, -0.2) is 29.8 Å². The largest absolute Gasteiger partial charge is 0.504 e. The van der Waals surface area contributed by atoms with E-state index in [-0.39, 0.29) is 5.75 Å². The van der Waals surface area contributed by atoms with E-state index in [1.165, 1.54) is 0 Å². The van der Waals surface area contributed by atoms with Gasteiger partial charge in [0.15, 0.2) is 11.5 Å². The van der Waals surface area contributed by atoms with Gasteiger partial charge >= 0.3 is 0 Å². The summed E-state index contributed by atoms with van der Waals surface area (Å²) in [6.07, 6.45) is 7.43. The molecule has 0 amide bonds. The van der Waals surface area contributed by atoms with Gasteiger partial charge in [0.2, 0.25) is 0 Å². The Morgan fingerprint density at radius 2 is 2.10 bits per heavy atom. The molecule has 2 aromatic heterocycles. The van der Waals surface area contributed by atoms with Crippen molar-refractivity contribution in [2.24, 2.45) is 5.92 Å². The van der Waals surface area contributed by atoms with Gasteiger partial charge in [-0.25, -0.2) is 0 Å². The molecule has 106 valence electrons. The van der Waals surface area contributed by atoms with Crippen LogP contribution in [0.1, 0.15) is 42.7 Å². The smallest absolute Gasteiger partial charge is 0.156 e. The van der Waals surface area contributed by atoms with Gasteiger partial charge in [0, 0.05) is 0 Å². The van der Waals surface area contributed by atoms with Crippen LogP contribution in [0.5, 0.6) is 11.5 Å². The maximum atomic E-state index is 9.94. The van der Waals surface area contributed by atoms with Gasteiger partial charge < -0.3 is 10.2 Å². The van der Waals surface area contributed by atoms with Crippen LogP contribution < -0.4 is 0 Å². The zero-order valence-corrected chi connectivity index (χ0v) is 11.4. The maximum Gasteiger partial charge on any atom is 0.156 e. The van der Waals surface area contributed by atoms with Gasteiger partial charge in [0.1, 0.15) is 5.69 Å². The summed E-state index contributed by atoms with van der Waals surface area (Å²) in [5.41, 5.74) is 1.62. The summed E-state index contributed by atoms with van der Waals surface area (Å²) in [5.74, 6) is 1.03. The molecule has 0 spiro atoms. The Labute approximate surface area is 116 Å². The third kappa shape index (κ3) is 1.87. The molecule has 0 aliphatic heterocycles. The zero-order chi connectivity index (χ0) is 13.9. The molecular weight excluding hydrogens is 256 g/mol. The Hall–Kier alpha value is -1.98. The van der Waals surface area contributed by atoms with E-state index in [0.717, 1.165) is 31.4 Å². The molecule has 2 N–H and O–H groups in total. The number of aromatic hydroxyl groups is 2. The van der Waals surface area contributed by atoms with Crippen LogP contribution in [0.4, 0.5) is 0 Å². The summed E-state index contributed by atoms with van der Waals surface area (Å²) in [7, 11) is 0. The van der Waals surface area contributed by atoms with E-state index in [0.29, 0.717) is 29.4 Å². The van der Waals surface area contributed by atoms with Crippen molar-refractivity contribution in [1.29, 1.82) is 0 Å². The minimum absolute atomic E-state index is 0.251. The van der Waals surface area contributed by atoms with Gasteiger partial charge in [0.05, 0.1) is 30.2 Å². The molecule has 0 bridgehead atoms. The standard InChI is InChI=1S/C14H18N4O2/c1-8-14(20)7-17(16-8)11-4-9(11)5-12-13(19)6-15-18(12)10-2-3-10/h6-7,9-11,19-20H,2-5H2,1H3. The van der Waals surface area contributed by atoms with Gasteiger partial charge in [-0.1, -0.05) is 0 Å². The van der Waals surface area contributed by atoms with E-state index in [9.17, 15) is 10.2 Å². The first kappa shape index (κ1) is 11.8. The average Bonchev–Trinajstić information content (AvgIpc) is 3.30. The van der Waals surface area contributed by atoms with Crippen molar-refractivity contribution in [2.75, 3.05) is 0 Å². The zero-order valence-electron chi connectivity index (χ0n) is 11.4. The van der Waals surface area contributed by atoms with Crippen LogP contribution in [0.3, 0.4) is 0 Å². The molecule has 6 nitrogen and oxygen atoms in total. The number of aryl methyl sites for hydroxylation is 1. The van der Waals surface area contributed by atoms with Crippen LogP contribution >= 0.6 is 0 Å². The molecule has 0 aromatic carbocycles. The van der Waals surface area contributed by atoms with Crippen molar-refractivity contribution in [3.05, 3.63) is 23.8 Å². The SMILES string of the molecule is Cc1nn(C2CC2Cc2c(O)cnn2C2CC2)cc1O. The fourth-order valence-electron chi connectivity index (χ4n) is 2.88. The fraction of sp³-hybridized carbons (Fsp3) is 0.571. The van der Waals surface area contributed by atoms with E-state index in [1.807, 2.05) is 9.36 Å². The second kappa shape index (κ2) is 4.01. The van der Waals surface area contributed by atoms with Crippen LogP contribution in [0.2, 0.25) is 0 Å². The Kier molecular flexibility index (Phi) is 2.37. The van der Waals surface area contributed by atoms with Crippen molar-refractivity contribution in [1.82, 2.24) is 19.6 Å². The highest BCUT2D eigenvalue weighted by atomic mass is 16.3. The molecule has 2 aliphatic rings. The van der Waals surface area contributed by atoms with Crippen molar-refractivity contribution in [3.8, 4) is 11.5 Å². The highest BCUT2D eigenvalue weighted by molar-refractivity contribution is 5.27. The van der Waals surface area contributed by atoms with Gasteiger partial charge in [-0.05, 0) is 38.5 Å². The summed E-state index contributed by atoms with van der Waals surface area (Å²) in [5, 5.41) is 28.1. The second-order valence-corrected chi connectivity index (χ2v) is 6.00. The Bertz CT molecular complexity index is 637. The van der Waals surface area contributed by atoms with Gasteiger partial charge in [-0.2, -0.15) is 10.2 Å². The van der Waals surface area contributed by atoms with E-state index in [2.05, 4.69) is 10.2 Å². The molecule has 2 unspecified atom stereocenters. The van der Waals surface area contributed by atoms with Crippen LogP contribution in [-0.2, 0) is 6.42 Å². The molecule has 2 fully saturated rings. The van der Waals surface area contributed by atoms with Gasteiger partial charge in [-0.15, -0.1) is 0 Å². The Morgan fingerprint density at radius 1 is 1.30 bits per heavy atom. The van der Waals surface area contributed by atoms with Crippen molar-refractivity contribution < 1.29 is 10.2 Å². The highest BCUT2D eigenvalue weighted by Crippen LogP contribution is 2.47. The first-order chi connectivity index (χ1) is 9.63. The molecular formula is C14H18N4O2. The van der Waals surface area contributed by atoms with E-state index in [1.54, 1.807) is 19.3 Å². The monoisotopic (exact) mass is 274 g/mol. The van der Waals surface area contributed by atoms with Crippen LogP contribution in [0.25, 0.3) is 0 Å². The summed E-state index contributed by atoms with van der Waals surface area (Å²) >= 11 is 0. The van der Waals surface area contributed by atoms with Crippen LogP contribution in [0.15, 0.2) is 12.4 Å². The summed E-state index contributed by atoms with van der Waals surface area (Å²) in [6.45, 7) is 1.80. The summed E-state index contributed by atoms with van der Waals surface area (Å²) < 4.78 is 3.83. The molecule has 2 saturated carbocycles. The first-order valence-corrected chi connectivity index (χ1v) is 7.13. The van der Waals surface area contributed by atoms with Crippen molar-refractivity contribution in [3.63, 3.8) is 0 Å². The van der Waals surface area contributed by atoms with E-state index in [4.69, 9.17) is 0 Å². The molecule has 6 heteroatoms. The van der Waals surface area contributed by atoms with Gasteiger partial charge in [-0.3, -0.25) is 9.36 Å². The molecule has 2 atom stereocenters. The minimum Gasteiger partial charge on any atom is -0.504 e. The lowest BCUT2D eigenvalue weighted by atomic mass is 10.2. The van der Waals surface area contributed by atoms with E-state index < -0.39 is 0 Å². The number of rotatable bonds is 4. The average molecular weight is 274 g/mol. The van der Waals surface area contributed by atoms with Crippen molar-refractivity contribution in [2.45, 2.75) is 44.7 Å². The maximum absolute atomic E-state index is 9.94. The second-order valence-electron chi connectivity index (χ2n) is 6.00. The van der Waals surface area contributed by atoms with E-state index >= 15 is 0 Å². The lowest BCUT2D eigenvalue weighted by Gasteiger charge is -2.06. The highest BCUT2D eigenvalue weighted by Gasteiger charge is 2.41. The number of nitrogens with zero attached hydrogens (tertiary/aromatic N) is 4. The third-order valence-electron chi connectivity index (χ3n) is 4.34.